The molecule has 1 heterocycles. The summed E-state index contributed by atoms with van der Waals surface area (Å²) in [7, 11) is 0. The van der Waals surface area contributed by atoms with Crippen molar-refractivity contribution in [2.24, 2.45) is 17.6 Å². The van der Waals surface area contributed by atoms with Gasteiger partial charge in [-0.05, 0) is 25.7 Å². The second-order valence-electron chi connectivity index (χ2n) is 5.60. The summed E-state index contributed by atoms with van der Waals surface area (Å²) in [6.45, 7) is 5.02. The smallest absolute Gasteiger partial charge is 0.242 e. The van der Waals surface area contributed by atoms with Crippen molar-refractivity contribution in [2.45, 2.75) is 45.2 Å². The summed E-state index contributed by atoms with van der Waals surface area (Å²) in [5, 5.41) is 2.78. The molecule has 1 saturated heterocycles. The van der Waals surface area contributed by atoms with E-state index in [1.807, 2.05) is 0 Å². The summed E-state index contributed by atoms with van der Waals surface area (Å²) in [6.07, 6.45) is 3.07. The second-order valence-corrected chi connectivity index (χ2v) is 5.60. The number of hydrogen-bond donors (Lipinski definition) is 2. The lowest BCUT2D eigenvalue weighted by Crippen LogP contribution is -2.59. The van der Waals surface area contributed by atoms with Gasteiger partial charge in [0.15, 0.2) is 0 Å². The van der Waals surface area contributed by atoms with E-state index in [0.29, 0.717) is 19.0 Å². The van der Waals surface area contributed by atoms with E-state index >= 15 is 0 Å². The van der Waals surface area contributed by atoms with Crippen LogP contribution in [0.4, 0.5) is 0 Å². The van der Waals surface area contributed by atoms with Crippen molar-refractivity contribution in [3.8, 4) is 0 Å². The summed E-state index contributed by atoms with van der Waals surface area (Å²) in [6, 6.07) is -0.425. The minimum Gasteiger partial charge on any atom is -0.353 e. The van der Waals surface area contributed by atoms with Crippen molar-refractivity contribution in [1.29, 1.82) is 0 Å². The molecule has 0 radical (unpaired) electrons. The van der Waals surface area contributed by atoms with Crippen molar-refractivity contribution < 1.29 is 9.59 Å². The number of hydrogen-bond acceptors (Lipinski definition) is 3. The molecule has 18 heavy (non-hydrogen) atoms. The van der Waals surface area contributed by atoms with E-state index in [2.05, 4.69) is 12.2 Å². The van der Waals surface area contributed by atoms with Crippen LogP contribution in [-0.2, 0) is 9.59 Å². The molecule has 1 aliphatic heterocycles. The van der Waals surface area contributed by atoms with Crippen molar-refractivity contribution >= 4 is 11.8 Å². The number of amides is 2. The molecular formula is C13H23N3O2. The fourth-order valence-electron chi connectivity index (χ4n) is 3.16. The number of rotatable bonds is 1. The van der Waals surface area contributed by atoms with Crippen molar-refractivity contribution in [3.63, 3.8) is 0 Å². The maximum absolute atomic E-state index is 12.6. The Morgan fingerprint density at radius 3 is 2.78 bits per heavy atom. The first-order valence-electron chi connectivity index (χ1n) is 6.86. The summed E-state index contributed by atoms with van der Waals surface area (Å²) in [5.41, 5.74) is 6.11. The lowest BCUT2D eigenvalue weighted by Gasteiger charge is -2.40. The highest BCUT2D eigenvalue weighted by atomic mass is 16.2. The molecule has 102 valence electrons. The van der Waals surface area contributed by atoms with Gasteiger partial charge in [0.25, 0.3) is 0 Å². The molecule has 3 N–H and O–H groups in total. The third-order valence-electron chi connectivity index (χ3n) is 4.34. The Balaban J connectivity index is 2.11. The average molecular weight is 253 g/mol. The van der Waals surface area contributed by atoms with Crippen LogP contribution >= 0.6 is 0 Å². The predicted octanol–water partition coefficient (Wildman–Crippen LogP) is 0.0968. The Labute approximate surface area is 108 Å². The molecule has 2 amide bonds. The molecule has 1 saturated carbocycles. The summed E-state index contributed by atoms with van der Waals surface area (Å²) in [4.78, 5) is 25.9. The zero-order valence-corrected chi connectivity index (χ0v) is 11.2. The van der Waals surface area contributed by atoms with E-state index in [1.165, 1.54) is 0 Å². The molecular weight excluding hydrogens is 230 g/mol. The summed E-state index contributed by atoms with van der Waals surface area (Å²) in [5.74, 6) is 0.203. The van der Waals surface area contributed by atoms with Gasteiger partial charge < -0.3 is 16.0 Å². The molecule has 0 spiro atoms. The Kier molecular flexibility index (Phi) is 3.90. The molecule has 5 nitrogen and oxygen atoms in total. The molecule has 4 unspecified atom stereocenters. The van der Waals surface area contributed by atoms with Crippen LogP contribution in [0.5, 0.6) is 0 Å². The highest BCUT2D eigenvalue weighted by molar-refractivity contribution is 5.89. The molecule has 2 fully saturated rings. The van der Waals surface area contributed by atoms with Crippen LogP contribution in [0, 0.1) is 11.8 Å². The van der Waals surface area contributed by atoms with Gasteiger partial charge in [0, 0.05) is 19.1 Å². The average Bonchev–Trinajstić information content (AvgIpc) is 2.32. The quantitative estimate of drug-likeness (QED) is 0.696. The standard InChI is InChI=1S/C13H23N3O2/c1-8-4-3-5-10(14)11(8)13(18)16-7-6-15-12(17)9(16)2/h8-11H,3-7,14H2,1-2H3,(H,15,17). The van der Waals surface area contributed by atoms with Gasteiger partial charge in [-0.2, -0.15) is 0 Å². The number of carbonyl (C=O) groups excluding carboxylic acids is 2. The molecule has 5 heteroatoms. The first kappa shape index (κ1) is 13.3. The minimum absolute atomic E-state index is 0.0570. The summed E-state index contributed by atoms with van der Waals surface area (Å²) >= 11 is 0. The first-order valence-corrected chi connectivity index (χ1v) is 6.86. The lowest BCUT2D eigenvalue weighted by atomic mass is 9.76. The van der Waals surface area contributed by atoms with Gasteiger partial charge >= 0.3 is 0 Å². The minimum atomic E-state index is -0.368. The predicted molar refractivity (Wildman–Crippen MR) is 68.7 cm³/mol. The Morgan fingerprint density at radius 2 is 2.11 bits per heavy atom. The molecule has 1 aliphatic carbocycles. The van der Waals surface area contributed by atoms with Crippen LogP contribution < -0.4 is 11.1 Å². The lowest BCUT2D eigenvalue weighted by molar-refractivity contribution is -0.148. The van der Waals surface area contributed by atoms with Crippen LogP contribution in [0.3, 0.4) is 0 Å². The zero-order chi connectivity index (χ0) is 13.3. The third-order valence-corrected chi connectivity index (χ3v) is 4.34. The van der Waals surface area contributed by atoms with Crippen LogP contribution in [-0.4, -0.2) is 41.9 Å². The highest BCUT2D eigenvalue weighted by Gasteiger charge is 2.39. The number of nitrogens with two attached hydrogens (primary N) is 1. The van der Waals surface area contributed by atoms with E-state index in [-0.39, 0.29) is 29.8 Å². The molecule has 4 atom stereocenters. The number of nitrogens with zero attached hydrogens (tertiary/aromatic N) is 1. The Morgan fingerprint density at radius 1 is 1.39 bits per heavy atom. The zero-order valence-electron chi connectivity index (χ0n) is 11.2. The third kappa shape index (κ3) is 2.36. The van der Waals surface area contributed by atoms with Gasteiger partial charge in [-0.15, -0.1) is 0 Å². The van der Waals surface area contributed by atoms with Gasteiger partial charge in [0.2, 0.25) is 11.8 Å². The van der Waals surface area contributed by atoms with Gasteiger partial charge in [-0.1, -0.05) is 13.3 Å². The number of nitrogens with one attached hydrogen (secondary N) is 1. The van der Waals surface area contributed by atoms with Crippen molar-refractivity contribution in [1.82, 2.24) is 10.2 Å². The van der Waals surface area contributed by atoms with Gasteiger partial charge in [-0.25, -0.2) is 0 Å². The van der Waals surface area contributed by atoms with E-state index in [1.54, 1.807) is 11.8 Å². The molecule has 2 rings (SSSR count). The molecule has 0 aromatic heterocycles. The molecule has 0 bridgehead atoms. The van der Waals surface area contributed by atoms with Gasteiger partial charge in [0.1, 0.15) is 6.04 Å². The van der Waals surface area contributed by atoms with Crippen LogP contribution in [0.2, 0.25) is 0 Å². The number of piperazine rings is 1. The van der Waals surface area contributed by atoms with E-state index in [9.17, 15) is 9.59 Å². The fourth-order valence-corrected chi connectivity index (χ4v) is 3.16. The van der Waals surface area contributed by atoms with E-state index in [4.69, 9.17) is 5.73 Å². The SMILES string of the molecule is CC1CCCC(N)C1C(=O)N1CCNC(=O)C1C. The van der Waals surface area contributed by atoms with Gasteiger partial charge in [0.05, 0.1) is 5.92 Å². The van der Waals surface area contributed by atoms with E-state index < -0.39 is 0 Å². The molecule has 0 aromatic rings. The van der Waals surface area contributed by atoms with Crippen LogP contribution in [0.25, 0.3) is 0 Å². The normalized spacial score (nSPS) is 37.3. The van der Waals surface area contributed by atoms with E-state index in [0.717, 1.165) is 19.3 Å². The monoisotopic (exact) mass is 253 g/mol. The molecule has 2 aliphatic rings. The van der Waals surface area contributed by atoms with Crippen molar-refractivity contribution in [3.05, 3.63) is 0 Å². The second kappa shape index (κ2) is 5.26. The largest absolute Gasteiger partial charge is 0.353 e. The van der Waals surface area contributed by atoms with Crippen LogP contribution in [0.1, 0.15) is 33.1 Å². The Bertz CT molecular complexity index is 335. The maximum atomic E-state index is 12.6. The summed E-state index contributed by atoms with van der Waals surface area (Å²) < 4.78 is 0. The topological polar surface area (TPSA) is 75.4 Å². The highest BCUT2D eigenvalue weighted by Crippen LogP contribution is 2.31. The first-order chi connectivity index (χ1) is 8.52. The fraction of sp³-hybridized carbons (Fsp3) is 0.846. The van der Waals surface area contributed by atoms with Gasteiger partial charge in [-0.3, -0.25) is 9.59 Å². The maximum Gasteiger partial charge on any atom is 0.242 e. The van der Waals surface area contributed by atoms with Crippen LogP contribution in [0.15, 0.2) is 0 Å². The Hall–Kier alpha value is -1.10. The van der Waals surface area contributed by atoms with Crippen molar-refractivity contribution in [2.75, 3.05) is 13.1 Å². The molecule has 0 aromatic carbocycles. The number of carbonyl (C=O) groups is 2.